The highest BCUT2D eigenvalue weighted by Gasteiger charge is 2.05. The van der Waals surface area contributed by atoms with E-state index in [0.717, 1.165) is 18.7 Å². The molecule has 0 fully saturated rings. The Kier molecular flexibility index (Phi) is 8.31. The van der Waals surface area contributed by atoms with Gasteiger partial charge in [-0.15, -0.1) is 0 Å². The lowest BCUT2D eigenvalue weighted by atomic mass is 10.1. The highest BCUT2D eigenvalue weighted by atomic mass is 16.5. The van der Waals surface area contributed by atoms with Crippen LogP contribution in [0.25, 0.3) is 0 Å². The van der Waals surface area contributed by atoms with E-state index >= 15 is 0 Å². The molecule has 0 heterocycles. The molecule has 20 heavy (non-hydrogen) atoms. The summed E-state index contributed by atoms with van der Waals surface area (Å²) >= 11 is 0. The minimum atomic E-state index is -0.457. The van der Waals surface area contributed by atoms with Crippen LogP contribution in [0.1, 0.15) is 43.7 Å². The average molecular weight is 279 g/mol. The van der Waals surface area contributed by atoms with Crippen LogP contribution in [0.5, 0.6) is 0 Å². The molecule has 3 heteroatoms. The fourth-order valence-corrected chi connectivity index (χ4v) is 2.15. The lowest BCUT2D eigenvalue weighted by Gasteiger charge is -2.15. The molecule has 0 bridgehead atoms. The Morgan fingerprint density at radius 2 is 2.00 bits per heavy atom. The van der Waals surface area contributed by atoms with Crippen molar-refractivity contribution in [2.24, 2.45) is 0 Å². The second kappa shape index (κ2) is 9.78. The van der Waals surface area contributed by atoms with Gasteiger partial charge in [-0.1, -0.05) is 43.9 Å². The van der Waals surface area contributed by atoms with Crippen LogP contribution in [0.15, 0.2) is 18.2 Å². The minimum absolute atomic E-state index is 0.407. The van der Waals surface area contributed by atoms with Gasteiger partial charge in [0.2, 0.25) is 0 Å². The van der Waals surface area contributed by atoms with Gasteiger partial charge >= 0.3 is 0 Å². The zero-order valence-electron chi connectivity index (χ0n) is 13.1. The predicted molar refractivity (Wildman–Crippen MR) is 85.4 cm³/mol. The van der Waals surface area contributed by atoms with Gasteiger partial charge in [-0.25, -0.2) is 0 Å². The van der Waals surface area contributed by atoms with Crippen molar-refractivity contribution in [3.63, 3.8) is 0 Å². The van der Waals surface area contributed by atoms with Crippen LogP contribution in [-0.2, 0) is 4.74 Å². The largest absolute Gasteiger partial charge is 0.389 e. The molecule has 0 aliphatic rings. The van der Waals surface area contributed by atoms with Gasteiger partial charge in [-0.2, -0.15) is 0 Å². The van der Waals surface area contributed by atoms with Crippen LogP contribution in [-0.4, -0.2) is 31.0 Å². The van der Waals surface area contributed by atoms with Gasteiger partial charge < -0.3 is 15.2 Å². The van der Waals surface area contributed by atoms with Crippen molar-refractivity contribution in [3.8, 4) is 0 Å². The maximum Gasteiger partial charge on any atom is 0.0945 e. The molecule has 0 spiro atoms. The van der Waals surface area contributed by atoms with Crippen molar-refractivity contribution in [1.29, 1.82) is 0 Å². The van der Waals surface area contributed by atoms with Gasteiger partial charge in [-0.3, -0.25) is 0 Å². The number of anilines is 1. The van der Waals surface area contributed by atoms with Gasteiger partial charge in [0.1, 0.15) is 0 Å². The van der Waals surface area contributed by atoms with E-state index in [-0.39, 0.29) is 0 Å². The molecule has 114 valence electrons. The molecule has 1 rings (SSSR count). The third-order valence-corrected chi connectivity index (χ3v) is 3.36. The van der Waals surface area contributed by atoms with Crippen molar-refractivity contribution in [1.82, 2.24) is 0 Å². The molecule has 0 aliphatic carbocycles. The Morgan fingerprint density at radius 3 is 2.70 bits per heavy atom. The molecule has 0 radical (unpaired) electrons. The maximum atomic E-state index is 9.87. The Hall–Kier alpha value is -1.06. The summed E-state index contributed by atoms with van der Waals surface area (Å²) in [6.07, 6.45) is 4.35. The molecular formula is C17H29NO2. The summed E-state index contributed by atoms with van der Waals surface area (Å²) in [7, 11) is 0. The van der Waals surface area contributed by atoms with Gasteiger partial charge in [0, 0.05) is 18.8 Å². The zero-order valence-corrected chi connectivity index (χ0v) is 13.1. The molecule has 0 aliphatic heterocycles. The predicted octanol–water partition coefficient (Wildman–Crippen LogP) is 3.67. The first kappa shape index (κ1) is 17.0. The van der Waals surface area contributed by atoms with E-state index < -0.39 is 6.10 Å². The molecule has 1 aromatic carbocycles. The number of unbranched alkanes of at least 4 members (excludes halogenated alkanes) is 3. The van der Waals surface area contributed by atoms with Crippen LogP contribution in [0, 0.1) is 13.8 Å². The summed E-state index contributed by atoms with van der Waals surface area (Å²) in [5, 5.41) is 13.1. The highest BCUT2D eigenvalue weighted by molar-refractivity contribution is 5.51. The topological polar surface area (TPSA) is 41.5 Å². The van der Waals surface area contributed by atoms with Crippen molar-refractivity contribution >= 4 is 5.69 Å². The Balaban J connectivity index is 2.14. The Bertz CT molecular complexity index is 379. The molecule has 1 atom stereocenters. The summed E-state index contributed by atoms with van der Waals surface area (Å²) in [5.41, 5.74) is 3.54. The lowest BCUT2D eigenvalue weighted by molar-refractivity contribution is 0.0416. The number of hydrogen-bond donors (Lipinski definition) is 2. The Morgan fingerprint density at radius 1 is 1.20 bits per heavy atom. The van der Waals surface area contributed by atoms with Crippen LogP contribution in [0.3, 0.4) is 0 Å². The van der Waals surface area contributed by atoms with Crippen molar-refractivity contribution in [2.75, 3.05) is 25.1 Å². The number of hydrogen-bond acceptors (Lipinski definition) is 3. The fourth-order valence-electron chi connectivity index (χ4n) is 2.15. The number of nitrogens with one attached hydrogen (secondary N) is 1. The van der Waals surface area contributed by atoms with Crippen molar-refractivity contribution in [3.05, 3.63) is 29.3 Å². The number of aliphatic hydroxyl groups is 1. The average Bonchev–Trinajstić information content (AvgIpc) is 2.41. The summed E-state index contributed by atoms with van der Waals surface area (Å²) in [4.78, 5) is 0. The van der Waals surface area contributed by atoms with E-state index in [1.807, 2.05) is 0 Å². The van der Waals surface area contributed by atoms with Crippen LogP contribution < -0.4 is 5.32 Å². The molecule has 3 nitrogen and oxygen atoms in total. The molecule has 2 N–H and O–H groups in total. The van der Waals surface area contributed by atoms with E-state index in [4.69, 9.17) is 4.74 Å². The number of aryl methyl sites for hydroxylation is 2. The highest BCUT2D eigenvalue weighted by Crippen LogP contribution is 2.15. The van der Waals surface area contributed by atoms with Gasteiger partial charge in [0.15, 0.2) is 0 Å². The number of rotatable bonds is 10. The first-order chi connectivity index (χ1) is 9.63. The quantitative estimate of drug-likeness (QED) is 0.642. The van der Waals surface area contributed by atoms with E-state index in [0.29, 0.717) is 13.2 Å². The third kappa shape index (κ3) is 6.92. The van der Waals surface area contributed by atoms with Crippen molar-refractivity contribution < 1.29 is 9.84 Å². The zero-order chi connectivity index (χ0) is 14.8. The molecular weight excluding hydrogens is 250 g/mol. The third-order valence-electron chi connectivity index (χ3n) is 3.36. The summed E-state index contributed by atoms with van der Waals surface area (Å²) in [5.74, 6) is 0. The Labute approximate surface area is 123 Å². The summed E-state index contributed by atoms with van der Waals surface area (Å²) < 4.78 is 5.49. The summed E-state index contributed by atoms with van der Waals surface area (Å²) in [6.45, 7) is 8.04. The fraction of sp³-hybridized carbons (Fsp3) is 0.647. The van der Waals surface area contributed by atoms with E-state index in [2.05, 4.69) is 44.3 Å². The first-order valence-corrected chi connectivity index (χ1v) is 7.70. The van der Waals surface area contributed by atoms with Gasteiger partial charge in [0.05, 0.1) is 12.7 Å². The number of aliphatic hydroxyl groups excluding tert-OH is 1. The van der Waals surface area contributed by atoms with E-state index in [1.54, 1.807) is 0 Å². The maximum absolute atomic E-state index is 9.87. The van der Waals surface area contributed by atoms with Crippen LogP contribution in [0.2, 0.25) is 0 Å². The molecule has 0 saturated heterocycles. The molecule has 0 aromatic heterocycles. The standard InChI is InChI=1S/C17H29NO2/c1-4-5-6-7-10-20-13-16(19)12-18-17-9-8-14(2)11-15(17)3/h8-9,11,16,18-19H,4-7,10,12-13H2,1-3H3. The smallest absolute Gasteiger partial charge is 0.0945 e. The monoisotopic (exact) mass is 279 g/mol. The lowest BCUT2D eigenvalue weighted by Crippen LogP contribution is -2.25. The van der Waals surface area contributed by atoms with E-state index in [1.165, 1.54) is 30.4 Å². The normalized spacial score (nSPS) is 12.4. The molecule has 0 saturated carbocycles. The van der Waals surface area contributed by atoms with Crippen molar-refractivity contribution in [2.45, 2.75) is 52.6 Å². The van der Waals surface area contributed by atoms with E-state index in [9.17, 15) is 5.11 Å². The second-order valence-corrected chi connectivity index (χ2v) is 5.49. The molecule has 1 unspecified atom stereocenters. The first-order valence-electron chi connectivity index (χ1n) is 7.70. The molecule has 1 aromatic rings. The second-order valence-electron chi connectivity index (χ2n) is 5.49. The van der Waals surface area contributed by atoms with Gasteiger partial charge in [0.25, 0.3) is 0 Å². The number of benzene rings is 1. The van der Waals surface area contributed by atoms with Gasteiger partial charge in [-0.05, 0) is 31.9 Å². The SMILES string of the molecule is CCCCCCOCC(O)CNc1ccc(C)cc1C. The minimum Gasteiger partial charge on any atom is -0.389 e. The van der Waals surface area contributed by atoms with Crippen LogP contribution >= 0.6 is 0 Å². The number of ether oxygens (including phenoxy) is 1. The molecule has 0 amide bonds. The summed E-state index contributed by atoms with van der Waals surface area (Å²) in [6, 6.07) is 6.27. The van der Waals surface area contributed by atoms with Crippen LogP contribution in [0.4, 0.5) is 5.69 Å².